The van der Waals surface area contributed by atoms with E-state index in [0.29, 0.717) is 25.7 Å². The molecule has 0 saturated carbocycles. The summed E-state index contributed by atoms with van der Waals surface area (Å²) in [5.41, 5.74) is 0. The minimum Gasteiger partial charge on any atom is -0.462 e. The normalized spacial score (nSPS) is 13.9. The Morgan fingerprint density at radius 2 is 0.447 bits per heavy atom. The zero-order valence-electron chi connectivity index (χ0n) is 75.4. The van der Waals surface area contributed by atoms with Crippen LogP contribution in [0.15, 0.2) is 0 Å². The summed E-state index contributed by atoms with van der Waals surface area (Å²) in [7, 11) is -9.94. The molecule has 0 radical (unpaired) electrons. The summed E-state index contributed by atoms with van der Waals surface area (Å²) in [5, 5.41) is 10.7. The van der Waals surface area contributed by atoms with Crippen LogP contribution in [0.3, 0.4) is 0 Å². The maximum absolute atomic E-state index is 13.2. The van der Waals surface area contributed by atoms with E-state index in [9.17, 15) is 43.2 Å². The highest BCUT2D eigenvalue weighted by atomic mass is 31.2. The van der Waals surface area contributed by atoms with Crippen molar-refractivity contribution in [1.82, 2.24) is 0 Å². The number of ether oxygens (including phenoxy) is 4. The van der Waals surface area contributed by atoms with E-state index in [1.54, 1.807) is 0 Å². The van der Waals surface area contributed by atoms with Gasteiger partial charge in [0, 0.05) is 25.7 Å². The fourth-order valence-electron chi connectivity index (χ4n) is 15.0. The van der Waals surface area contributed by atoms with Gasteiger partial charge in [-0.15, -0.1) is 0 Å². The number of phosphoric ester groups is 2. The second-order valence-corrected chi connectivity index (χ2v) is 37.7. The highest BCUT2D eigenvalue weighted by Crippen LogP contribution is 2.45. The first-order valence-corrected chi connectivity index (χ1v) is 52.0. The number of aliphatic hydroxyl groups is 1. The molecule has 17 nitrogen and oxygen atoms in total. The number of rotatable bonds is 94. The molecule has 0 fully saturated rings. The first kappa shape index (κ1) is 112. The summed E-state index contributed by atoms with van der Waals surface area (Å²) in [6.07, 6.45) is 82.1. The lowest BCUT2D eigenvalue weighted by Gasteiger charge is -2.21. The third-order valence-corrected chi connectivity index (χ3v) is 24.7. The molecule has 19 heteroatoms. The van der Waals surface area contributed by atoms with Gasteiger partial charge in [0.15, 0.2) is 12.2 Å². The minimum absolute atomic E-state index is 0.109. The number of hydrogen-bond donors (Lipinski definition) is 3. The highest BCUT2D eigenvalue weighted by molar-refractivity contribution is 7.47. The third kappa shape index (κ3) is 86.4. The van der Waals surface area contributed by atoms with Crippen LogP contribution >= 0.6 is 15.6 Å². The topological polar surface area (TPSA) is 237 Å². The molecule has 0 aliphatic rings. The van der Waals surface area contributed by atoms with Crippen LogP contribution in [0.25, 0.3) is 0 Å². The molecule has 0 aliphatic heterocycles. The molecular formula is C95H186O17P2. The predicted molar refractivity (Wildman–Crippen MR) is 474 cm³/mol. The van der Waals surface area contributed by atoms with E-state index < -0.39 is 97.5 Å². The van der Waals surface area contributed by atoms with Gasteiger partial charge >= 0.3 is 39.5 Å². The van der Waals surface area contributed by atoms with Crippen LogP contribution in [0.4, 0.5) is 0 Å². The van der Waals surface area contributed by atoms with Crippen molar-refractivity contribution in [2.45, 2.75) is 535 Å². The van der Waals surface area contributed by atoms with Crippen molar-refractivity contribution in [3.05, 3.63) is 0 Å². The lowest BCUT2D eigenvalue weighted by atomic mass is 9.99. The molecule has 0 spiro atoms. The van der Waals surface area contributed by atoms with E-state index in [1.807, 2.05) is 0 Å². The molecular weight excluding hydrogens is 1470 g/mol. The molecule has 0 bridgehead atoms. The molecule has 6 atom stereocenters. The van der Waals surface area contributed by atoms with Gasteiger partial charge in [-0.3, -0.25) is 37.3 Å². The molecule has 0 rings (SSSR count). The predicted octanol–water partition coefficient (Wildman–Crippen LogP) is 29.7. The van der Waals surface area contributed by atoms with Crippen molar-refractivity contribution in [3.63, 3.8) is 0 Å². The lowest BCUT2D eigenvalue weighted by Crippen LogP contribution is -2.30. The summed E-state index contributed by atoms with van der Waals surface area (Å²) < 4.78 is 69.2. The number of carbonyl (C=O) groups is 4. The SMILES string of the molecule is CCCCCCCCCCCCCCCCCCCCCCCCC(=O)OC[C@H](COP(=O)(O)OC[C@@H](O)COP(=O)(O)OC[C@@H](COC(=O)CCCCCCCCCCCCC)OC(=O)CCCCCCCCCCCCCCCCCCC(C)C)OC(=O)CCCCCCCCCCCCCCCCCCCCC(C)CC. The van der Waals surface area contributed by atoms with E-state index >= 15 is 0 Å². The smallest absolute Gasteiger partial charge is 0.462 e. The molecule has 114 heavy (non-hydrogen) atoms. The number of phosphoric acid groups is 2. The molecule has 678 valence electrons. The van der Waals surface area contributed by atoms with E-state index in [1.165, 1.54) is 334 Å². The van der Waals surface area contributed by atoms with Crippen LogP contribution in [0.5, 0.6) is 0 Å². The molecule has 0 aromatic heterocycles. The third-order valence-electron chi connectivity index (χ3n) is 22.8. The highest BCUT2D eigenvalue weighted by Gasteiger charge is 2.31. The lowest BCUT2D eigenvalue weighted by molar-refractivity contribution is -0.161. The van der Waals surface area contributed by atoms with Gasteiger partial charge in [-0.25, -0.2) is 9.13 Å². The summed E-state index contributed by atoms with van der Waals surface area (Å²) in [6, 6.07) is 0. The summed E-state index contributed by atoms with van der Waals surface area (Å²) in [6.45, 7) is 9.82. The van der Waals surface area contributed by atoms with Crippen molar-refractivity contribution in [2.24, 2.45) is 11.8 Å². The van der Waals surface area contributed by atoms with Gasteiger partial charge in [0.25, 0.3) is 0 Å². The quantitative estimate of drug-likeness (QED) is 0.0222. The van der Waals surface area contributed by atoms with Crippen molar-refractivity contribution < 1.29 is 80.2 Å². The van der Waals surface area contributed by atoms with Crippen LogP contribution in [-0.2, 0) is 65.4 Å². The van der Waals surface area contributed by atoms with Crippen molar-refractivity contribution in [3.8, 4) is 0 Å². The Labute approximate surface area is 702 Å². The first-order valence-electron chi connectivity index (χ1n) is 49.0. The van der Waals surface area contributed by atoms with Gasteiger partial charge in [0.05, 0.1) is 26.4 Å². The van der Waals surface area contributed by atoms with Crippen LogP contribution < -0.4 is 0 Å². The maximum Gasteiger partial charge on any atom is 0.472 e. The first-order chi connectivity index (χ1) is 55.4. The molecule has 3 unspecified atom stereocenters. The molecule has 0 aromatic rings. The Morgan fingerprint density at radius 3 is 0.667 bits per heavy atom. The fourth-order valence-corrected chi connectivity index (χ4v) is 16.6. The molecule has 0 aliphatic carbocycles. The molecule has 0 heterocycles. The van der Waals surface area contributed by atoms with Crippen LogP contribution in [0, 0.1) is 11.8 Å². The van der Waals surface area contributed by atoms with Gasteiger partial charge in [-0.1, -0.05) is 465 Å². The van der Waals surface area contributed by atoms with Crippen LogP contribution in [-0.4, -0.2) is 96.7 Å². The van der Waals surface area contributed by atoms with E-state index in [2.05, 4.69) is 41.5 Å². The van der Waals surface area contributed by atoms with Crippen molar-refractivity contribution in [1.29, 1.82) is 0 Å². The van der Waals surface area contributed by atoms with Crippen LogP contribution in [0.1, 0.15) is 517 Å². The van der Waals surface area contributed by atoms with E-state index in [-0.39, 0.29) is 25.7 Å². The average molecular weight is 1660 g/mol. The summed E-state index contributed by atoms with van der Waals surface area (Å²) >= 11 is 0. The fraction of sp³-hybridized carbons (Fsp3) is 0.958. The monoisotopic (exact) mass is 1660 g/mol. The number of carbonyl (C=O) groups excluding carboxylic acids is 4. The van der Waals surface area contributed by atoms with Gasteiger partial charge in [-0.05, 0) is 37.5 Å². The van der Waals surface area contributed by atoms with E-state index in [4.69, 9.17) is 37.0 Å². The Bertz CT molecular complexity index is 2170. The standard InChI is InChI=1S/C95H186O17P2/c1-7-10-12-14-16-18-20-21-22-23-24-25-26-27-31-37-42-48-54-60-66-72-78-93(98)106-84-91(112-95(100)79-73-67-61-55-49-43-38-32-29-28-30-36-41-47-52-58-64-70-76-88(6)9-3)86-110-114(103,104)108-82-89(96)81-107-113(101,102)109-85-90(83-105-92(97)77-71-65-59-53-45-19-17-15-13-11-8-2)111-94(99)80-74-68-62-56-50-44-39-34-33-35-40-46-51-57-63-69-75-87(4)5/h87-91,96H,7-86H2,1-6H3,(H,101,102)(H,103,104)/t88?,89-,90+,91+/m0/s1. The second-order valence-electron chi connectivity index (χ2n) is 34.8. The Morgan fingerprint density at radius 1 is 0.254 bits per heavy atom. The molecule has 3 N–H and O–H groups in total. The second kappa shape index (κ2) is 86.0. The van der Waals surface area contributed by atoms with E-state index in [0.717, 1.165) is 102 Å². The largest absolute Gasteiger partial charge is 0.472 e. The zero-order chi connectivity index (χ0) is 83.4. The molecule has 0 saturated heterocycles. The summed E-state index contributed by atoms with van der Waals surface area (Å²) in [4.78, 5) is 73.5. The number of aliphatic hydroxyl groups excluding tert-OH is 1. The summed E-state index contributed by atoms with van der Waals surface area (Å²) in [5.74, 6) is -0.411. The molecule has 0 aromatic carbocycles. The van der Waals surface area contributed by atoms with Crippen LogP contribution in [0.2, 0.25) is 0 Å². The number of unbranched alkanes of at least 4 members (excludes halogenated alkanes) is 63. The Balaban J connectivity index is 5.22. The Kier molecular flexibility index (Phi) is 84.6. The van der Waals surface area contributed by atoms with Crippen molar-refractivity contribution in [2.75, 3.05) is 39.6 Å². The van der Waals surface area contributed by atoms with Crippen molar-refractivity contribution >= 4 is 39.5 Å². The minimum atomic E-state index is -4.97. The maximum atomic E-state index is 13.2. The Hall–Kier alpha value is -1.94. The average Bonchev–Trinajstić information content (AvgIpc) is 0.897. The number of hydrogen-bond acceptors (Lipinski definition) is 15. The van der Waals surface area contributed by atoms with Gasteiger partial charge in [-0.2, -0.15) is 0 Å². The number of esters is 4. The van der Waals surface area contributed by atoms with Gasteiger partial charge < -0.3 is 33.8 Å². The zero-order valence-corrected chi connectivity index (χ0v) is 77.2. The molecule has 0 amide bonds. The van der Waals surface area contributed by atoms with Gasteiger partial charge in [0.2, 0.25) is 0 Å². The van der Waals surface area contributed by atoms with Gasteiger partial charge in [0.1, 0.15) is 19.3 Å².